The third-order valence-corrected chi connectivity index (χ3v) is 3.49. The molecule has 1 aromatic rings. The molecule has 5 heteroatoms. The van der Waals surface area contributed by atoms with Gasteiger partial charge in [-0.25, -0.2) is 0 Å². The molecular formula is C12H16N2O2S. The second-order valence-corrected chi connectivity index (χ2v) is 4.56. The highest BCUT2D eigenvalue weighted by Gasteiger charge is 2.08. The number of thioether (sulfide) groups is 1. The van der Waals surface area contributed by atoms with Crippen LogP contribution in [0.2, 0.25) is 0 Å². The van der Waals surface area contributed by atoms with E-state index in [0.29, 0.717) is 0 Å². The Kier molecular flexibility index (Phi) is 4.14. The van der Waals surface area contributed by atoms with E-state index in [0.717, 1.165) is 35.5 Å². The lowest BCUT2D eigenvalue weighted by Gasteiger charge is -2.09. The van der Waals surface area contributed by atoms with Gasteiger partial charge in [0.1, 0.15) is 0 Å². The summed E-state index contributed by atoms with van der Waals surface area (Å²) in [5.41, 5.74) is 1.20. The molecular weight excluding hydrogens is 236 g/mol. The normalized spacial score (nSPS) is 14.1. The molecule has 0 fully saturated rings. The third-order valence-electron chi connectivity index (χ3n) is 2.47. The fraction of sp³-hybridized carbons (Fsp3) is 0.417. The van der Waals surface area contributed by atoms with E-state index in [1.54, 1.807) is 26.0 Å². The van der Waals surface area contributed by atoms with Crippen molar-refractivity contribution in [3.05, 3.63) is 23.8 Å². The van der Waals surface area contributed by atoms with E-state index in [2.05, 4.69) is 10.3 Å². The van der Waals surface area contributed by atoms with Gasteiger partial charge in [-0.1, -0.05) is 17.8 Å². The molecule has 0 saturated carbocycles. The highest BCUT2D eigenvalue weighted by molar-refractivity contribution is 8.13. The number of nitrogens with zero attached hydrogens (tertiary/aromatic N) is 1. The van der Waals surface area contributed by atoms with Crippen LogP contribution in [0, 0.1) is 0 Å². The Morgan fingerprint density at radius 3 is 2.76 bits per heavy atom. The second-order valence-electron chi connectivity index (χ2n) is 3.59. The monoisotopic (exact) mass is 252 g/mol. The maximum atomic E-state index is 5.27. The van der Waals surface area contributed by atoms with Crippen molar-refractivity contribution >= 4 is 16.9 Å². The second kappa shape index (κ2) is 5.82. The van der Waals surface area contributed by atoms with Gasteiger partial charge in [0.05, 0.1) is 20.8 Å². The van der Waals surface area contributed by atoms with Crippen molar-refractivity contribution in [3.63, 3.8) is 0 Å². The van der Waals surface area contributed by atoms with Gasteiger partial charge in [-0.15, -0.1) is 0 Å². The molecule has 0 atom stereocenters. The first-order valence-corrected chi connectivity index (χ1v) is 6.44. The lowest BCUT2D eigenvalue weighted by molar-refractivity contribution is 0.354. The standard InChI is InChI=1S/C12H16N2O2S/c1-15-10-4-3-9(7-11(10)16-2)8-17-12-13-5-6-14-12/h3-4,7H,5-6,8H2,1-2H3,(H,13,14). The largest absolute Gasteiger partial charge is 0.493 e. The van der Waals surface area contributed by atoms with Gasteiger partial charge in [-0.2, -0.15) is 0 Å². The molecule has 1 N–H and O–H groups in total. The smallest absolute Gasteiger partial charge is 0.161 e. The lowest BCUT2D eigenvalue weighted by atomic mass is 10.2. The molecule has 92 valence electrons. The van der Waals surface area contributed by atoms with Crippen LogP contribution < -0.4 is 14.8 Å². The number of rotatable bonds is 4. The van der Waals surface area contributed by atoms with Crippen molar-refractivity contribution in [2.45, 2.75) is 5.75 Å². The van der Waals surface area contributed by atoms with Gasteiger partial charge in [0, 0.05) is 12.3 Å². The quantitative estimate of drug-likeness (QED) is 0.888. The summed E-state index contributed by atoms with van der Waals surface area (Å²) < 4.78 is 10.5. The molecule has 4 nitrogen and oxygen atoms in total. The Morgan fingerprint density at radius 1 is 1.29 bits per heavy atom. The van der Waals surface area contributed by atoms with Gasteiger partial charge in [0.2, 0.25) is 0 Å². The Hall–Kier alpha value is -1.36. The zero-order chi connectivity index (χ0) is 12.1. The SMILES string of the molecule is COc1ccc(CSC2=NCCN2)cc1OC. The van der Waals surface area contributed by atoms with Crippen molar-refractivity contribution in [1.29, 1.82) is 0 Å². The molecule has 0 spiro atoms. The topological polar surface area (TPSA) is 42.8 Å². The summed E-state index contributed by atoms with van der Waals surface area (Å²) in [6.45, 7) is 1.84. The number of benzene rings is 1. The molecule has 17 heavy (non-hydrogen) atoms. The van der Waals surface area contributed by atoms with E-state index in [4.69, 9.17) is 9.47 Å². The highest BCUT2D eigenvalue weighted by atomic mass is 32.2. The number of methoxy groups -OCH3 is 2. The summed E-state index contributed by atoms with van der Waals surface area (Å²) >= 11 is 1.71. The van der Waals surface area contributed by atoms with E-state index >= 15 is 0 Å². The first kappa shape index (κ1) is 12.1. The van der Waals surface area contributed by atoms with Crippen molar-refractivity contribution in [3.8, 4) is 11.5 Å². The van der Waals surface area contributed by atoms with Gasteiger partial charge < -0.3 is 14.8 Å². The van der Waals surface area contributed by atoms with E-state index in [1.807, 2.05) is 18.2 Å². The number of amidine groups is 1. The van der Waals surface area contributed by atoms with Crippen LogP contribution in [0.3, 0.4) is 0 Å². The molecule has 0 unspecified atom stereocenters. The Morgan fingerprint density at radius 2 is 2.12 bits per heavy atom. The molecule has 0 radical (unpaired) electrons. The van der Waals surface area contributed by atoms with Crippen LogP contribution in [0.1, 0.15) is 5.56 Å². The van der Waals surface area contributed by atoms with Crippen LogP contribution >= 0.6 is 11.8 Å². The molecule has 0 saturated heterocycles. The minimum absolute atomic E-state index is 0.762. The van der Waals surface area contributed by atoms with Crippen LogP contribution in [0.5, 0.6) is 11.5 Å². The van der Waals surface area contributed by atoms with Crippen molar-refractivity contribution in [1.82, 2.24) is 5.32 Å². The zero-order valence-corrected chi connectivity index (χ0v) is 10.8. The maximum Gasteiger partial charge on any atom is 0.161 e. The van der Waals surface area contributed by atoms with Crippen molar-refractivity contribution in [2.24, 2.45) is 4.99 Å². The molecule has 1 aromatic carbocycles. The summed E-state index contributed by atoms with van der Waals surface area (Å²) in [7, 11) is 3.29. The molecule has 1 heterocycles. The Labute approximate surface area is 105 Å². The van der Waals surface area contributed by atoms with Gasteiger partial charge in [-0.3, -0.25) is 4.99 Å². The van der Waals surface area contributed by atoms with Gasteiger partial charge in [0.25, 0.3) is 0 Å². The van der Waals surface area contributed by atoms with Crippen LogP contribution in [0.4, 0.5) is 0 Å². The summed E-state index contributed by atoms with van der Waals surface area (Å²) in [6.07, 6.45) is 0. The number of aliphatic imine (C=N–C) groups is 1. The minimum atomic E-state index is 0.762. The first-order valence-electron chi connectivity index (χ1n) is 5.45. The molecule has 2 rings (SSSR count). The molecule has 1 aliphatic heterocycles. The predicted molar refractivity (Wildman–Crippen MR) is 71.1 cm³/mol. The summed E-state index contributed by atoms with van der Waals surface area (Å²) in [6, 6.07) is 5.98. The summed E-state index contributed by atoms with van der Waals surface area (Å²) in [5.74, 6) is 2.41. The summed E-state index contributed by atoms with van der Waals surface area (Å²) in [4.78, 5) is 4.34. The van der Waals surface area contributed by atoms with Crippen LogP contribution in [0.15, 0.2) is 23.2 Å². The van der Waals surface area contributed by atoms with Crippen LogP contribution in [0.25, 0.3) is 0 Å². The van der Waals surface area contributed by atoms with Crippen LogP contribution in [-0.4, -0.2) is 32.5 Å². The van der Waals surface area contributed by atoms with Crippen molar-refractivity contribution < 1.29 is 9.47 Å². The molecule has 0 aliphatic carbocycles. The zero-order valence-electron chi connectivity index (χ0n) is 10.0. The summed E-state index contributed by atoms with van der Waals surface area (Å²) in [5, 5.41) is 4.26. The minimum Gasteiger partial charge on any atom is -0.493 e. The molecule has 0 bridgehead atoms. The fourth-order valence-electron chi connectivity index (χ4n) is 1.59. The van der Waals surface area contributed by atoms with Gasteiger partial charge in [0.15, 0.2) is 16.7 Å². The average molecular weight is 252 g/mol. The van der Waals surface area contributed by atoms with E-state index < -0.39 is 0 Å². The van der Waals surface area contributed by atoms with Crippen LogP contribution in [-0.2, 0) is 5.75 Å². The molecule has 1 aliphatic rings. The van der Waals surface area contributed by atoms with Gasteiger partial charge >= 0.3 is 0 Å². The number of ether oxygens (including phenoxy) is 2. The lowest BCUT2D eigenvalue weighted by Crippen LogP contribution is -2.14. The maximum absolute atomic E-state index is 5.27. The predicted octanol–water partition coefficient (Wildman–Crippen LogP) is 1.90. The first-order chi connectivity index (χ1) is 8.33. The number of nitrogens with one attached hydrogen (secondary N) is 1. The Balaban J connectivity index is 2.00. The fourth-order valence-corrected chi connectivity index (χ4v) is 2.46. The Bertz CT molecular complexity index is 421. The van der Waals surface area contributed by atoms with Gasteiger partial charge in [-0.05, 0) is 17.7 Å². The molecule has 0 amide bonds. The third kappa shape index (κ3) is 3.06. The average Bonchev–Trinajstić information content (AvgIpc) is 2.89. The van der Waals surface area contributed by atoms with E-state index in [1.165, 1.54) is 5.56 Å². The highest BCUT2D eigenvalue weighted by Crippen LogP contribution is 2.29. The van der Waals surface area contributed by atoms with E-state index in [-0.39, 0.29) is 0 Å². The van der Waals surface area contributed by atoms with E-state index in [9.17, 15) is 0 Å². The number of hydrogen-bond donors (Lipinski definition) is 1. The molecule has 0 aromatic heterocycles. The van der Waals surface area contributed by atoms with Crippen molar-refractivity contribution in [2.75, 3.05) is 27.3 Å². The number of hydrogen-bond acceptors (Lipinski definition) is 5.